The second-order valence-corrected chi connectivity index (χ2v) is 9.36. The largest absolute Gasteiger partial charge is 0.328 e. The number of hydrogen-bond donors (Lipinski definition) is 0. The van der Waals surface area contributed by atoms with Crippen LogP contribution in [0, 0.1) is 15.3 Å². The molecule has 0 amide bonds. The van der Waals surface area contributed by atoms with Gasteiger partial charge in [-0.1, -0.05) is 53.4 Å². The highest BCUT2D eigenvalue weighted by atomic mass is 32.2. The molecule has 0 saturated carbocycles. The van der Waals surface area contributed by atoms with Crippen molar-refractivity contribution >= 4 is 52.5 Å². The molecule has 3 aromatic rings. The smallest absolute Gasteiger partial charge is 0.187 e. The molecule has 1 aliphatic heterocycles. The summed E-state index contributed by atoms with van der Waals surface area (Å²) >= 11 is 8.06. The van der Waals surface area contributed by atoms with Gasteiger partial charge in [0, 0.05) is 14.1 Å². The normalized spacial score (nSPS) is 12.6. The van der Waals surface area contributed by atoms with Crippen molar-refractivity contribution in [3.63, 3.8) is 0 Å². The van der Waals surface area contributed by atoms with E-state index in [1.165, 1.54) is 23.1 Å². The minimum Gasteiger partial charge on any atom is -0.328 e. The van der Waals surface area contributed by atoms with E-state index >= 15 is 0 Å². The van der Waals surface area contributed by atoms with Crippen LogP contribution in [0.1, 0.15) is 0 Å². The van der Waals surface area contributed by atoms with E-state index in [4.69, 9.17) is 12.2 Å². The highest BCUT2D eigenvalue weighted by molar-refractivity contribution is 8.01. The van der Waals surface area contributed by atoms with Crippen LogP contribution in [0.15, 0.2) is 70.3 Å². The van der Waals surface area contributed by atoms with Crippen molar-refractivity contribution in [2.24, 2.45) is 0 Å². The lowest BCUT2D eigenvalue weighted by molar-refractivity contribution is -0.112. The molecule has 6 nitrogen and oxygen atoms in total. The molecule has 1 aliphatic rings. The zero-order chi connectivity index (χ0) is 21.3. The van der Waals surface area contributed by atoms with Gasteiger partial charge in [-0.2, -0.15) is 5.26 Å². The van der Waals surface area contributed by atoms with Crippen LogP contribution < -0.4 is 9.80 Å². The molecule has 0 spiro atoms. The van der Waals surface area contributed by atoms with Gasteiger partial charge in [0.15, 0.2) is 14.1 Å². The van der Waals surface area contributed by atoms with Crippen LogP contribution in [0.25, 0.3) is 5.69 Å². The number of carbonyl (C=O) groups excluding carboxylic acids is 1. The molecule has 4 rings (SSSR count). The number of para-hydroxylation sites is 3. The van der Waals surface area contributed by atoms with Crippen molar-refractivity contribution in [2.75, 3.05) is 29.6 Å². The van der Waals surface area contributed by atoms with Crippen molar-refractivity contribution in [1.82, 2.24) is 9.78 Å². The van der Waals surface area contributed by atoms with Crippen LogP contribution in [-0.4, -0.2) is 35.4 Å². The van der Waals surface area contributed by atoms with Crippen LogP contribution in [0.5, 0.6) is 0 Å². The average molecular weight is 452 g/mol. The first kappa shape index (κ1) is 20.3. The highest BCUT2D eigenvalue weighted by Crippen LogP contribution is 2.40. The van der Waals surface area contributed by atoms with Gasteiger partial charge in [0.2, 0.25) is 0 Å². The fourth-order valence-electron chi connectivity index (χ4n) is 3.31. The second kappa shape index (κ2) is 8.44. The standard InChI is InChI=1S/C21H17N5OS3/c1-24-16-10-6-7-11-17(16)25(2)19(24)15(12-22)18(27)13-29-20-23-26(21(28)30-20)14-8-4-3-5-9-14/h3-11H,13H2,1-2H3. The summed E-state index contributed by atoms with van der Waals surface area (Å²) in [5.74, 6) is 0.463. The van der Waals surface area contributed by atoms with Crippen LogP contribution in [-0.2, 0) is 4.79 Å². The number of fused-ring (bicyclic) bond motifs is 1. The number of aromatic nitrogens is 2. The lowest BCUT2D eigenvalue weighted by Crippen LogP contribution is -2.26. The number of Topliss-reactive ketones (excluding diaryl/α,β-unsaturated/α-hetero) is 1. The van der Waals surface area contributed by atoms with Crippen molar-refractivity contribution in [3.05, 3.63) is 69.9 Å². The molecule has 1 aromatic heterocycles. The Balaban J connectivity index is 1.55. The molecule has 0 radical (unpaired) electrons. The first-order valence-corrected chi connectivity index (χ1v) is 11.2. The molecule has 2 aromatic carbocycles. The summed E-state index contributed by atoms with van der Waals surface area (Å²) < 4.78 is 2.99. The van der Waals surface area contributed by atoms with Crippen molar-refractivity contribution in [2.45, 2.75) is 4.34 Å². The number of benzene rings is 2. The average Bonchev–Trinajstić information content (AvgIpc) is 3.26. The topological polar surface area (TPSA) is 65.2 Å². The molecule has 2 heterocycles. The van der Waals surface area contributed by atoms with E-state index in [9.17, 15) is 10.1 Å². The van der Waals surface area contributed by atoms with Gasteiger partial charge >= 0.3 is 0 Å². The molecule has 0 aliphatic carbocycles. The minimum absolute atomic E-state index is 0.113. The van der Waals surface area contributed by atoms with Crippen LogP contribution in [0.4, 0.5) is 11.4 Å². The van der Waals surface area contributed by atoms with Gasteiger partial charge in [0.05, 0.1) is 22.8 Å². The van der Waals surface area contributed by atoms with Crippen LogP contribution >= 0.6 is 35.3 Å². The Morgan fingerprint density at radius 2 is 1.70 bits per heavy atom. The van der Waals surface area contributed by atoms with E-state index in [2.05, 4.69) is 11.2 Å². The van der Waals surface area contributed by atoms with Gasteiger partial charge < -0.3 is 9.80 Å². The Morgan fingerprint density at radius 1 is 1.10 bits per heavy atom. The molecule has 9 heteroatoms. The Hall–Kier alpha value is -2.93. The first-order valence-electron chi connectivity index (χ1n) is 9.03. The lowest BCUT2D eigenvalue weighted by Gasteiger charge is -2.19. The highest BCUT2D eigenvalue weighted by Gasteiger charge is 2.31. The molecule has 0 bridgehead atoms. The zero-order valence-corrected chi connectivity index (χ0v) is 18.7. The molecular formula is C21H17N5OS3. The van der Waals surface area contributed by atoms with Gasteiger partial charge in [-0.05, 0) is 36.5 Å². The lowest BCUT2D eigenvalue weighted by atomic mass is 10.2. The second-order valence-electron chi connectivity index (χ2n) is 6.51. The fourth-order valence-corrected chi connectivity index (χ4v) is 5.54. The number of carbonyl (C=O) groups is 1. The van der Waals surface area contributed by atoms with E-state index in [0.717, 1.165) is 17.1 Å². The Labute approximate surface area is 187 Å². The van der Waals surface area contributed by atoms with Crippen molar-refractivity contribution in [1.29, 1.82) is 5.26 Å². The number of allylic oxidation sites excluding steroid dienone is 1. The Bertz CT molecular complexity index is 1210. The third kappa shape index (κ3) is 3.65. The molecule has 0 N–H and O–H groups in total. The molecule has 0 atom stereocenters. The van der Waals surface area contributed by atoms with Gasteiger partial charge in [-0.15, -0.1) is 5.10 Å². The summed E-state index contributed by atoms with van der Waals surface area (Å²) in [5.41, 5.74) is 2.93. The number of rotatable bonds is 5. The monoisotopic (exact) mass is 451 g/mol. The predicted molar refractivity (Wildman–Crippen MR) is 124 cm³/mol. The van der Waals surface area contributed by atoms with Crippen molar-refractivity contribution < 1.29 is 4.79 Å². The van der Waals surface area contributed by atoms with Gasteiger partial charge in [-0.3, -0.25) is 4.79 Å². The minimum atomic E-state index is -0.239. The molecule has 0 saturated heterocycles. The van der Waals surface area contributed by atoms with E-state index in [1.807, 2.05) is 78.5 Å². The van der Waals surface area contributed by atoms with E-state index in [0.29, 0.717) is 14.1 Å². The summed E-state index contributed by atoms with van der Waals surface area (Å²) in [7, 11) is 3.73. The third-order valence-corrected chi connectivity index (χ3v) is 7.08. The van der Waals surface area contributed by atoms with Crippen molar-refractivity contribution in [3.8, 4) is 11.8 Å². The number of ketones is 1. The summed E-state index contributed by atoms with van der Waals surface area (Å²) in [6.07, 6.45) is 0. The molecule has 0 fully saturated rings. The molecule has 30 heavy (non-hydrogen) atoms. The molecular weight excluding hydrogens is 434 g/mol. The third-order valence-electron chi connectivity index (χ3n) is 4.71. The van der Waals surface area contributed by atoms with E-state index in [1.54, 1.807) is 4.68 Å². The fraction of sp³-hybridized carbons (Fsp3) is 0.143. The SMILES string of the molecule is CN1C(=C(C#N)C(=O)CSc2nn(-c3ccccc3)c(=S)s2)N(C)c2ccccc21. The summed E-state index contributed by atoms with van der Waals surface area (Å²) in [6, 6.07) is 19.5. The maximum Gasteiger partial charge on any atom is 0.187 e. The molecule has 150 valence electrons. The maximum absolute atomic E-state index is 12.9. The number of anilines is 2. The zero-order valence-electron chi connectivity index (χ0n) is 16.3. The van der Waals surface area contributed by atoms with E-state index in [-0.39, 0.29) is 17.1 Å². The van der Waals surface area contributed by atoms with Gasteiger partial charge in [0.25, 0.3) is 0 Å². The van der Waals surface area contributed by atoms with Crippen LogP contribution in [0.2, 0.25) is 0 Å². The number of nitrogens with zero attached hydrogens (tertiary/aromatic N) is 5. The van der Waals surface area contributed by atoms with E-state index < -0.39 is 0 Å². The quantitative estimate of drug-likeness (QED) is 0.242. The number of thioether (sulfide) groups is 1. The Morgan fingerprint density at radius 3 is 2.30 bits per heavy atom. The summed E-state index contributed by atoms with van der Waals surface area (Å²) in [5, 5.41) is 14.3. The molecule has 0 unspecified atom stereocenters. The van der Waals surface area contributed by atoms with Gasteiger partial charge in [-0.25, -0.2) is 4.68 Å². The van der Waals surface area contributed by atoms with Crippen LogP contribution in [0.3, 0.4) is 0 Å². The number of hydrogen-bond acceptors (Lipinski definition) is 8. The van der Waals surface area contributed by atoms with Gasteiger partial charge in [0.1, 0.15) is 17.5 Å². The predicted octanol–water partition coefficient (Wildman–Crippen LogP) is 4.65. The number of nitriles is 1. The summed E-state index contributed by atoms with van der Waals surface area (Å²) in [4.78, 5) is 16.7. The Kier molecular flexibility index (Phi) is 5.72. The summed E-state index contributed by atoms with van der Waals surface area (Å²) in [6.45, 7) is 0. The maximum atomic E-state index is 12.9. The first-order chi connectivity index (χ1) is 14.5.